The number of hydrogen-bond donors (Lipinski definition) is 0. The topological polar surface area (TPSA) is 21.3 Å². The van der Waals surface area contributed by atoms with Gasteiger partial charge in [-0.1, -0.05) is 127 Å². The Labute approximate surface area is 295 Å². The number of benzene rings is 8. The molecule has 0 N–H and O–H groups in total. The lowest BCUT2D eigenvalue weighted by molar-refractivity contribution is 0.669. The SMILES string of the molecule is c1ccc(N(c2ccc(-c3ccc(-c4cccc5oc6ccccc6c45)cc3)cc2)c2cccc(-n3c4ccccc4c4ccccc43)c2)cc1. The molecule has 3 heteroatoms. The van der Waals surface area contributed by atoms with Crippen LogP contribution in [0.15, 0.2) is 199 Å². The molecule has 8 aromatic carbocycles. The predicted octanol–water partition coefficient (Wildman–Crippen LogP) is 13.5. The van der Waals surface area contributed by atoms with Crippen molar-refractivity contribution in [3.63, 3.8) is 0 Å². The van der Waals surface area contributed by atoms with Gasteiger partial charge < -0.3 is 13.9 Å². The van der Waals surface area contributed by atoms with E-state index in [1.165, 1.54) is 44.1 Å². The van der Waals surface area contributed by atoms with E-state index in [0.717, 1.165) is 44.7 Å². The van der Waals surface area contributed by atoms with Crippen LogP contribution in [0, 0.1) is 0 Å². The van der Waals surface area contributed by atoms with E-state index >= 15 is 0 Å². The zero-order valence-electron chi connectivity index (χ0n) is 27.8. The number of furan rings is 1. The number of aromatic nitrogens is 1. The normalized spacial score (nSPS) is 11.5. The molecule has 0 atom stereocenters. The number of anilines is 3. The Morgan fingerprint density at radius 1 is 0.373 bits per heavy atom. The molecule has 0 amide bonds. The fourth-order valence-corrected chi connectivity index (χ4v) is 7.66. The first-order valence-corrected chi connectivity index (χ1v) is 17.4. The van der Waals surface area contributed by atoms with Gasteiger partial charge in [-0.25, -0.2) is 0 Å². The van der Waals surface area contributed by atoms with Crippen molar-refractivity contribution < 1.29 is 4.42 Å². The van der Waals surface area contributed by atoms with Crippen molar-refractivity contribution in [1.82, 2.24) is 4.57 Å². The van der Waals surface area contributed by atoms with Crippen molar-refractivity contribution >= 4 is 60.8 Å². The third-order valence-corrected chi connectivity index (χ3v) is 10.00. The van der Waals surface area contributed by atoms with E-state index in [9.17, 15) is 0 Å². The summed E-state index contributed by atoms with van der Waals surface area (Å²) >= 11 is 0. The predicted molar refractivity (Wildman–Crippen MR) is 214 cm³/mol. The van der Waals surface area contributed by atoms with Crippen LogP contribution in [0.25, 0.3) is 71.7 Å². The van der Waals surface area contributed by atoms with Crippen LogP contribution >= 0.6 is 0 Å². The highest BCUT2D eigenvalue weighted by Crippen LogP contribution is 2.40. The molecule has 0 fully saturated rings. The van der Waals surface area contributed by atoms with E-state index in [1.54, 1.807) is 0 Å². The number of hydrogen-bond acceptors (Lipinski definition) is 2. The lowest BCUT2D eigenvalue weighted by Gasteiger charge is -2.26. The summed E-state index contributed by atoms with van der Waals surface area (Å²) in [7, 11) is 0. The van der Waals surface area contributed by atoms with Crippen LogP contribution in [0.4, 0.5) is 17.1 Å². The molecule has 10 aromatic rings. The van der Waals surface area contributed by atoms with E-state index < -0.39 is 0 Å². The smallest absolute Gasteiger partial charge is 0.136 e. The standard InChI is InChI=1S/C48H32N2O/c1-2-12-36(13-3-1)49(38-14-10-15-39(32-38)50-44-20-7-4-16-41(44)42-17-5-8-21-45(42)50)37-30-28-34(29-31-37)33-24-26-35(27-25-33)40-19-11-23-47-48(40)43-18-6-9-22-46(43)51-47/h1-32H. The van der Waals surface area contributed by atoms with Gasteiger partial charge in [0, 0.05) is 44.3 Å². The first-order chi connectivity index (χ1) is 25.3. The lowest BCUT2D eigenvalue weighted by Crippen LogP contribution is -2.10. The molecule has 0 aliphatic rings. The van der Waals surface area contributed by atoms with Gasteiger partial charge in [-0.3, -0.25) is 0 Å². The quantitative estimate of drug-likeness (QED) is 0.178. The van der Waals surface area contributed by atoms with Crippen molar-refractivity contribution in [2.45, 2.75) is 0 Å². The molecule has 2 heterocycles. The van der Waals surface area contributed by atoms with Gasteiger partial charge in [0.15, 0.2) is 0 Å². The Kier molecular flexibility index (Phi) is 6.81. The second kappa shape index (κ2) is 11.9. The van der Waals surface area contributed by atoms with E-state index in [1.807, 2.05) is 18.2 Å². The Hall–Kier alpha value is -6.84. The van der Waals surface area contributed by atoms with E-state index in [0.29, 0.717) is 0 Å². The van der Waals surface area contributed by atoms with Gasteiger partial charge >= 0.3 is 0 Å². The second-order valence-corrected chi connectivity index (χ2v) is 13.0. The molecule has 0 unspecified atom stereocenters. The fourth-order valence-electron chi connectivity index (χ4n) is 7.66. The van der Waals surface area contributed by atoms with Crippen LogP contribution in [0.1, 0.15) is 0 Å². The van der Waals surface area contributed by atoms with Crippen LogP contribution < -0.4 is 4.90 Å². The lowest BCUT2D eigenvalue weighted by atomic mass is 9.97. The molecule has 2 aromatic heterocycles. The average molecular weight is 653 g/mol. The maximum atomic E-state index is 6.16. The second-order valence-electron chi connectivity index (χ2n) is 13.0. The van der Waals surface area contributed by atoms with Crippen LogP contribution in [-0.2, 0) is 0 Å². The summed E-state index contributed by atoms with van der Waals surface area (Å²) < 4.78 is 8.53. The molecule has 3 nitrogen and oxygen atoms in total. The zero-order chi connectivity index (χ0) is 33.7. The summed E-state index contributed by atoms with van der Waals surface area (Å²) in [6, 6.07) is 69.1. The Bertz CT molecular complexity index is 2790. The van der Waals surface area contributed by atoms with Gasteiger partial charge in [0.1, 0.15) is 11.2 Å². The molecule has 0 saturated heterocycles. The summed E-state index contributed by atoms with van der Waals surface area (Å²) in [5.74, 6) is 0. The highest BCUT2D eigenvalue weighted by atomic mass is 16.3. The zero-order valence-corrected chi connectivity index (χ0v) is 27.8. The van der Waals surface area contributed by atoms with Crippen molar-refractivity contribution in [3.8, 4) is 27.9 Å². The molecular formula is C48H32N2O. The van der Waals surface area contributed by atoms with Crippen molar-refractivity contribution in [2.24, 2.45) is 0 Å². The molecule has 240 valence electrons. The largest absolute Gasteiger partial charge is 0.456 e. The molecular weight excluding hydrogens is 621 g/mol. The van der Waals surface area contributed by atoms with Crippen LogP contribution in [0.3, 0.4) is 0 Å². The van der Waals surface area contributed by atoms with E-state index in [2.05, 4.69) is 185 Å². The third kappa shape index (κ3) is 4.90. The molecule has 51 heavy (non-hydrogen) atoms. The molecule has 0 aliphatic heterocycles. The van der Waals surface area contributed by atoms with Gasteiger partial charge in [0.2, 0.25) is 0 Å². The monoisotopic (exact) mass is 652 g/mol. The van der Waals surface area contributed by atoms with Gasteiger partial charge in [0.05, 0.1) is 11.0 Å². The average Bonchev–Trinajstić information content (AvgIpc) is 3.75. The highest BCUT2D eigenvalue weighted by Gasteiger charge is 2.17. The Morgan fingerprint density at radius 2 is 0.902 bits per heavy atom. The van der Waals surface area contributed by atoms with Gasteiger partial charge in [-0.2, -0.15) is 0 Å². The van der Waals surface area contributed by atoms with Crippen LogP contribution in [0.5, 0.6) is 0 Å². The van der Waals surface area contributed by atoms with Crippen molar-refractivity contribution in [3.05, 3.63) is 194 Å². The number of rotatable bonds is 6. The minimum atomic E-state index is 0.914. The molecule has 0 spiro atoms. The molecule has 0 aliphatic carbocycles. The molecule has 0 bridgehead atoms. The van der Waals surface area contributed by atoms with Crippen molar-refractivity contribution in [1.29, 1.82) is 0 Å². The fraction of sp³-hybridized carbons (Fsp3) is 0. The van der Waals surface area contributed by atoms with Crippen LogP contribution in [0.2, 0.25) is 0 Å². The minimum Gasteiger partial charge on any atom is -0.456 e. The number of para-hydroxylation sites is 4. The minimum absolute atomic E-state index is 0.914. The Morgan fingerprint density at radius 3 is 1.63 bits per heavy atom. The Balaban J connectivity index is 1.02. The van der Waals surface area contributed by atoms with E-state index in [4.69, 9.17) is 4.42 Å². The molecule has 0 saturated carbocycles. The van der Waals surface area contributed by atoms with E-state index in [-0.39, 0.29) is 0 Å². The van der Waals surface area contributed by atoms with Crippen molar-refractivity contribution in [2.75, 3.05) is 4.90 Å². The van der Waals surface area contributed by atoms with Crippen LogP contribution in [-0.4, -0.2) is 4.57 Å². The summed E-state index contributed by atoms with van der Waals surface area (Å²) in [6.07, 6.45) is 0. The van der Waals surface area contributed by atoms with Gasteiger partial charge in [0.25, 0.3) is 0 Å². The number of fused-ring (bicyclic) bond motifs is 6. The first-order valence-electron chi connectivity index (χ1n) is 17.4. The van der Waals surface area contributed by atoms with Gasteiger partial charge in [-0.15, -0.1) is 0 Å². The summed E-state index contributed by atoms with van der Waals surface area (Å²) in [5.41, 5.74) is 13.4. The molecule has 10 rings (SSSR count). The maximum absolute atomic E-state index is 6.16. The summed E-state index contributed by atoms with van der Waals surface area (Å²) in [6.45, 7) is 0. The summed E-state index contributed by atoms with van der Waals surface area (Å²) in [4.78, 5) is 2.33. The highest BCUT2D eigenvalue weighted by molar-refractivity contribution is 6.12. The first kappa shape index (κ1) is 29.1. The molecule has 0 radical (unpaired) electrons. The summed E-state index contributed by atoms with van der Waals surface area (Å²) in [5, 5.41) is 4.82. The van der Waals surface area contributed by atoms with Gasteiger partial charge in [-0.05, 0) is 89.0 Å². The third-order valence-electron chi connectivity index (χ3n) is 10.00. The maximum Gasteiger partial charge on any atom is 0.136 e. The number of nitrogens with zero attached hydrogens (tertiary/aromatic N) is 2.